The highest BCUT2D eigenvalue weighted by molar-refractivity contribution is 14.1. The van der Waals surface area contributed by atoms with E-state index in [1.54, 1.807) is 22.6 Å². The number of rotatable bonds is 2. The zero-order valence-corrected chi connectivity index (χ0v) is 9.96. The molecule has 16 heavy (non-hydrogen) atoms. The zero-order chi connectivity index (χ0) is 12.5. The predicted molar refractivity (Wildman–Crippen MR) is 55.3 cm³/mol. The first kappa shape index (κ1) is 13.0. The van der Waals surface area contributed by atoms with Crippen LogP contribution in [-0.2, 0) is 0 Å². The van der Waals surface area contributed by atoms with Crippen LogP contribution in [0.25, 0.3) is 0 Å². The van der Waals surface area contributed by atoms with E-state index in [1.807, 2.05) is 0 Å². The highest BCUT2D eigenvalue weighted by atomic mass is 127. The van der Waals surface area contributed by atoms with E-state index in [1.165, 1.54) is 6.92 Å². The van der Waals surface area contributed by atoms with Crippen molar-refractivity contribution >= 4 is 28.6 Å². The molecular weight excluding hydrogens is 342 g/mol. The molecule has 0 atom stereocenters. The fourth-order valence-corrected chi connectivity index (χ4v) is 1.44. The Balaban J connectivity index is 3.29. The van der Waals surface area contributed by atoms with Crippen molar-refractivity contribution < 1.29 is 27.8 Å². The fraction of sp³-hybridized carbons (Fsp3) is 0.250. The Morgan fingerprint density at radius 2 is 2.12 bits per heavy atom. The average molecular weight is 347 g/mol. The first-order valence-electron chi connectivity index (χ1n) is 3.86. The minimum absolute atomic E-state index is 0.134. The van der Waals surface area contributed by atoms with E-state index in [0.717, 1.165) is 6.20 Å². The van der Waals surface area contributed by atoms with E-state index < -0.39 is 23.6 Å². The maximum atomic E-state index is 12.0. The van der Waals surface area contributed by atoms with Gasteiger partial charge in [0.25, 0.3) is 0 Å². The van der Waals surface area contributed by atoms with Gasteiger partial charge < -0.3 is 9.84 Å². The van der Waals surface area contributed by atoms with Crippen molar-refractivity contribution in [3.8, 4) is 5.75 Å². The van der Waals surface area contributed by atoms with Crippen LogP contribution in [0.5, 0.6) is 5.75 Å². The summed E-state index contributed by atoms with van der Waals surface area (Å²) < 4.78 is 39.8. The smallest absolute Gasteiger partial charge is 0.478 e. The number of halogens is 4. The number of ether oxygens (including phenoxy) is 1. The summed E-state index contributed by atoms with van der Waals surface area (Å²) in [4.78, 5) is 14.4. The Morgan fingerprint density at radius 1 is 1.56 bits per heavy atom. The van der Waals surface area contributed by atoms with Crippen LogP contribution in [0.4, 0.5) is 13.2 Å². The summed E-state index contributed by atoms with van der Waals surface area (Å²) in [6.45, 7) is 1.36. The minimum Gasteiger partial charge on any atom is -0.478 e. The highest BCUT2D eigenvalue weighted by Gasteiger charge is 2.34. The third-order valence-electron chi connectivity index (χ3n) is 1.67. The van der Waals surface area contributed by atoms with E-state index in [9.17, 15) is 18.0 Å². The van der Waals surface area contributed by atoms with Crippen LogP contribution in [-0.4, -0.2) is 22.4 Å². The molecule has 0 radical (unpaired) electrons. The van der Waals surface area contributed by atoms with Gasteiger partial charge in [-0.05, 0) is 35.1 Å². The molecule has 88 valence electrons. The van der Waals surface area contributed by atoms with Crippen LogP contribution < -0.4 is 4.74 Å². The van der Waals surface area contributed by atoms with Gasteiger partial charge in [-0.2, -0.15) is 0 Å². The van der Waals surface area contributed by atoms with Gasteiger partial charge in [0, 0.05) is 0 Å². The number of carboxylic acid groups (broad SMARTS) is 1. The summed E-state index contributed by atoms with van der Waals surface area (Å²) in [5.41, 5.74) is -0.397. The average Bonchev–Trinajstić information content (AvgIpc) is 2.08. The van der Waals surface area contributed by atoms with Crippen molar-refractivity contribution in [1.82, 2.24) is 4.98 Å². The maximum absolute atomic E-state index is 12.0. The molecule has 0 bridgehead atoms. The summed E-state index contributed by atoms with van der Waals surface area (Å²) in [5, 5.41) is 8.79. The van der Waals surface area contributed by atoms with Gasteiger partial charge in [-0.3, -0.25) is 0 Å². The lowest BCUT2D eigenvalue weighted by atomic mass is 10.1. The van der Waals surface area contributed by atoms with Gasteiger partial charge in [0.15, 0.2) is 5.75 Å². The van der Waals surface area contributed by atoms with Crippen LogP contribution in [0.3, 0.4) is 0 Å². The SMILES string of the molecule is Cc1c(I)ncc(OC(F)(F)F)c1C(=O)O. The normalized spacial score (nSPS) is 11.3. The third kappa shape index (κ3) is 2.97. The number of alkyl halides is 3. The molecule has 0 saturated heterocycles. The number of carbonyl (C=O) groups is 1. The van der Waals surface area contributed by atoms with Gasteiger partial charge >= 0.3 is 12.3 Å². The molecule has 1 rings (SSSR count). The van der Waals surface area contributed by atoms with Crippen molar-refractivity contribution in [3.05, 3.63) is 21.0 Å². The van der Waals surface area contributed by atoms with E-state index in [2.05, 4.69) is 9.72 Å². The van der Waals surface area contributed by atoms with Gasteiger partial charge in [-0.15, -0.1) is 13.2 Å². The van der Waals surface area contributed by atoms with Crippen molar-refractivity contribution in [1.29, 1.82) is 0 Å². The van der Waals surface area contributed by atoms with E-state index >= 15 is 0 Å². The summed E-state index contributed by atoms with van der Waals surface area (Å²) in [7, 11) is 0. The number of aromatic nitrogens is 1. The van der Waals surface area contributed by atoms with Crippen molar-refractivity contribution in [2.75, 3.05) is 0 Å². The number of hydrogen-bond donors (Lipinski definition) is 1. The molecule has 0 aliphatic carbocycles. The molecule has 0 fully saturated rings. The number of pyridine rings is 1. The highest BCUT2D eigenvalue weighted by Crippen LogP contribution is 2.29. The first-order valence-corrected chi connectivity index (χ1v) is 4.94. The molecule has 0 aliphatic heterocycles. The largest absolute Gasteiger partial charge is 0.573 e. The van der Waals surface area contributed by atoms with Crippen molar-refractivity contribution in [3.63, 3.8) is 0 Å². The Kier molecular flexibility index (Phi) is 3.61. The van der Waals surface area contributed by atoms with Crippen LogP contribution in [0.15, 0.2) is 6.20 Å². The molecule has 0 saturated carbocycles. The Morgan fingerprint density at radius 3 is 2.56 bits per heavy atom. The van der Waals surface area contributed by atoms with Gasteiger partial charge in [0.05, 0.1) is 6.20 Å². The quantitative estimate of drug-likeness (QED) is 0.660. The van der Waals surface area contributed by atoms with Gasteiger partial charge in [-0.25, -0.2) is 9.78 Å². The molecule has 0 unspecified atom stereocenters. The third-order valence-corrected chi connectivity index (χ3v) is 2.75. The fourth-order valence-electron chi connectivity index (χ4n) is 1.03. The lowest BCUT2D eigenvalue weighted by Gasteiger charge is -2.12. The first-order chi connectivity index (χ1) is 7.22. The minimum atomic E-state index is -4.94. The van der Waals surface area contributed by atoms with Crippen LogP contribution >= 0.6 is 22.6 Å². The van der Waals surface area contributed by atoms with Crippen LogP contribution in [0.2, 0.25) is 0 Å². The van der Waals surface area contributed by atoms with Gasteiger partial charge in [-0.1, -0.05) is 0 Å². The van der Waals surface area contributed by atoms with Gasteiger partial charge in [0.2, 0.25) is 0 Å². The molecule has 0 aromatic carbocycles. The second-order valence-corrected chi connectivity index (χ2v) is 3.79. The molecule has 0 amide bonds. The Hall–Kier alpha value is -1.06. The Bertz CT molecular complexity index is 433. The molecule has 1 aromatic heterocycles. The second-order valence-electron chi connectivity index (χ2n) is 2.77. The molecular formula is C8H5F3INO3. The van der Waals surface area contributed by atoms with E-state index in [-0.39, 0.29) is 5.56 Å². The number of nitrogens with zero attached hydrogens (tertiary/aromatic N) is 1. The summed E-state index contributed by atoms with van der Waals surface area (Å²) in [6.07, 6.45) is -4.20. The molecule has 0 spiro atoms. The monoisotopic (exact) mass is 347 g/mol. The van der Waals surface area contributed by atoms with Crippen LogP contribution in [0, 0.1) is 10.6 Å². The summed E-state index contributed by atoms with van der Waals surface area (Å²) >= 11 is 1.73. The number of hydrogen-bond acceptors (Lipinski definition) is 3. The molecule has 8 heteroatoms. The molecule has 1 N–H and O–H groups in total. The standard InChI is InChI=1S/C8H5F3INO3/c1-3-5(7(14)15)4(2-13-6(3)12)16-8(9,10)11/h2H,1H3,(H,14,15). The molecule has 4 nitrogen and oxygen atoms in total. The second kappa shape index (κ2) is 4.44. The number of aromatic carboxylic acids is 1. The predicted octanol–water partition coefficient (Wildman–Crippen LogP) is 2.59. The molecule has 0 aliphatic rings. The zero-order valence-electron chi connectivity index (χ0n) is 7.80. The lowest BCUT2D eigenvalue weighted by molar-refractivity contribution is -0.274. The van der Waals surface area contributed by atoms with Gasteiger partial charge in [0.1, 0.15) is 9.26 Å². The van der Waals surface area contributed by atoms with Crippen molar-refractivity contribution in [2.45, 2.75) is 13.3 Å². The Labute approximate surface area is 102 Å². The molecule has 1 heterocycles. The molecule has 1 aromatic rings. The summed E-state index contributed by atoms with van der Waals surface area (Å²) in [5.74, 6) is -2.30. The number of carboxylic acids is 1. The summed E-state index contributed by atoms with van der Waals surface area (Å²) in [6, 6.07) is 0. The maximum Gasteiger partial charge on any atom is 0.573 e. The van der Waals surface area contributed by atoms with E-state index in [4.69, 9.17) is 5.11 Å². The topological polar surface area (TPSA) is 59.4 Å². The lowest BCUT2D eigenvalue weighted by Crippen LogP contribution is -2.20. The van der Waals surface area contributed by atoms with Crippen molar-refractivity contribution in [2.24, 2.45) is 0 Å². The van der Waals surface area contributed by atoms with Crippen LogP contribution in [0.1, 0.15) is 15.9 Å². The van der Waals surface area contributed by atoms with E-state index in [0.29, 0.717) is 3.70 Å².